The van der Waals surface area contributed by atoms with Gasteiger partial charge in [-0.1, -0.05) is 29.3 Å². The van der Waals surface area contributed by atoms with Gasteiger partial charge in [0.1, 0.15) is 0 Å². The molecule has 0 atom stereocenters. The van der Waals surface area contributed by atoms with Gasteiger partial charge in [0.2, 0.25) is 0 Å². The molecular formula is C15H21Cl2IN4O. The van der Waals surface area contributed by atoms with Gasteiger partial charge in [-0.3, -0.25) is 9.79 Å². The van der Waals surface area contributed by atoms with E-state index in [-0.39, 0.29) is 29.9 Å². The summed E-state index contributed by atoms with van der Waals surface area (Å²) in [5.74, 6) is 0.476. The highest BCUT2D eigenvalue weighted by Gasteiger charge is 2.07. The van der Waals surface area contributed by atoms with Crippen LogP contribution in [0, 0.1) is 0 Å². The van der Waals surface area contributed by atoms with E-state index in [1.54, 1.807) is 18.2 Å². The lowest BCUT2D eigenvalue weighted by Gasteiger charge is -2.09. The quantitative estimate of drug-likeness (QED) is 0.188. The van der Waals surface area contributed by atoms with E-state index in [2.05, 4.69) is 27.5 Å². The number of hydrogen-bond donors (Lipinski definition) is 3. The molecule has 5 nitrogen and oxygen atoms in total. The van der Waals surface area contributed by atoms with Gasteiger partial charge in [-0.05, 0) is 25.1 Å². The minimum Gasteiger partial charge on any atom is -0.357 e. The zero-order chi connectivity index (χ0) is 16.4. The number of guanidine groups is 1. The third kappa shape index (κ3) is 8.43. The predicted molar refractivity (Wildman–Crippen MR) is 108 cm³/mol. The van der Waals surface area contributed by atoms with Gasteiger partial charge < -0.3 is 16.0 Å². The molecule has 0 fully saturated rings. The number of carbonyl (C=O) groups excluding carboxylic acids is 1. The van der Waals surface area contributed by atoms with Crippen LogP contribution in [0.5, 0.6) is 0 Å². The summed E-state index contributed by atoms with van der Waals surface area (Å²) in [6.07, 6.45) is 1.75. The number of carbonyl (C=O) groups is 1. The van der Waals surface area contributed by atoms with Crippen molar-refractivity contribution in [2.75, 3.05) is 26.2 Å². The first kappa shape index (κ1) is 22.0. The summed E-state index contributed by atoms with van der Waals surface area (Å²) in [5.41, 5.74) is 0.468. The SMILES string of the molecule is C=CCNC(=NCCNC(=O)c1ccc(Cl)c(Cl)c1)NCC.I. The highest BCUT2D eigenvalue weighted by molar-refractivity contribution is 14.0. The Morgan fingerprint density at radius 2 is 2.00 bits per heavy atom. The number of benzene rings is 1. The van der Waals surface area contributed by atoms with Gasteiger partial charge in [-0.15, -0.1) is 30.6 Å². The summed E-state index contributed by atoms with van der Waals surface area (Å²) in [6, 6.07) is 4.76. The summed E-state index contributed by atoms with van der Waals surface area (Å²) in [4.78, 5) is 16.3. The van der Waals surface area contributed by atoms with Crippen molar-refractivity contribution in [2.45, 2.75) is 6.92 Å². The Hall–Kier alpha value is -0.990. The van der Waals surface area contributed by atoms with Crippen molar-refractivity contribution in [3.63, 3.8) is 0 Å². The molecule has 1 amide bonds. The van der Waals surface area contributed by atoms with Gasteiger partial charge in [-0.2, -0.15) is 0 Å². The molecule has 0 unspecified atom stereocenters. The molecule has 3 N–H and O–H groups in total. The first-order chi connectivity index (χ1) is 10.6. The second kappa shape index (κ2) is 12.4. The third-order valence-corrected chi connectivity index (χ3v) is 3.35. The van der Waals surface area contributed by atoms with E-state index in [1.165, 1.54) is 6.07 Å². The largest absolute Gasteiger partial charge is 0.357 e. The van der Waals surface area contributed by atoms with Crippen LogP contribution in [0.4, 0.5) is 0 Å². The molecule has 1 aromatic rings. The Labute approximate surface area is 163 Å². The first-order valence-electron chi connectivity index (χ1n) is 6.94. The van der Waals surface area contributed by atoms with Crippen LogP contribution in [0.2, 0.25) is 10.0 Å². The Bertz CT molecular complexity index is 552. The normalized spacial score (nSPS) is 10.5. The summed E-state index contributed by atoms with van der Waals surface area (Å²) < 4.78 is 0. The van der Waals surface area contributed by atoms with Crippen molar-refractivity contribution < 1.29 is 4.79 Å². The lowest BCUT2D eigenvalue weighted by molar-refractivity contribution is 0.0955. The zero-order valence-corrected chi connectivity index (χ0v) is 16.7. The molecule has 0 radical (unpaired) electrons. The van der Waals surface area contributed by atoms with Gasteiger partial charge in [0.25, 0.3) is 5.91 Å². The fourth-order valence-corrected chi connectivity index (χ4v) is 1.89. The van der Waals surface area contributed by atoms with Gasteiger partial charge >= 0.3 is 0 Å². The molecule has 1 rings (SSSR count). The molecule has 0 saturated carbocycles. The summed E-state index contributed by atoms with van der Waals surface area (Å²) in [7, 11) is 0. The molecule has 0 saturated heterocycles. The van der Waals surface area contributed by atoms with Gasteiger partial charge in [-0.25, -0.2) is 0 Å². The van der Waals surface area contributed by atoms with E-state index in [4.69, 9.17) is 23.2 Å². The fraction of sp³-hybridized carbons (Fsp3) is 0.333. The highest BCUT2D eigenvalue weighted by atomic mass is 127. The molecular weight excluding hydrogens is 450 g/mol. The van der Waals surface area contributed by atoms with Crippen LogP contribution >= 0.6 is 47.2 Å². The second-order valence-corrected chi connectivity index (χ2v) is 5.13. The Balaban J connectivity index is 0.00000484. The van der Waals surface area contributed by atoms with Crippen LogP contribution in [-0.2, 0) is 0 Å². The van der Waals surface area contributed by atoms with Gasteiger partial charge in [0.05, 0.1) is 16.6 Å². The zero-order valence-electron chi connectivity index (χ0n) is 12.9. The molecule has 0 bridgehead atoms. The average Bonchev–Trinajstić information content (AvgIpc) is 2.51. The lowest BCUT2D eigenvalue weighted by Crippen LogP contribution is -2.38. The summed E-state index contributed by atoms with van der Waals surface area (Å²) >= 11 is 11.7. The number of nitrogens with zero attached hydrogens (tertiary/aromatic N) is 1. The monoisotopic (exact) mass is 470 g/mol. The molecule has 0 heterocycles. The van der Waals surface area contributed by atoms with E-state index in [0.29, 0.717) is 41.2 Å². The molecule has 0 aromatic heterocycles. The number of amides is 1. The molecule has 1 aromatic carbocycles. The number of rotatable bonds is 7. The molecule has 23 heavy (non-hydrogen) atoms. The van der Waals surface area contributed by atoms with E-state index in [0.717, 1.165) is 6.54 Å². The van der Waals surface area contributed by atoms with Crippen LogP contribution in [-0.4, -0.2) is 38.0 Å². The Morgan fingerprint density at radius 3 is 2.61 bits per heavy atom. The van der Waals surface area contributed by atoms with Crippen LogP contribution in [0.3, 0.4) is 0 Å². The van der Waals surface area contributed by atoms with Crippen molar-refractivity contribution in [1.82, 2.24) is 16.0 Å². The highest BCUT2D eigenvalue weighted by Crippen LogP contribution is 2.22. The van der Waals surface area contributed by atoms with Crippen LogP contribution in [0.25, 0.3) is 0 Å². The van der Waals surface area contributed by atoms with E-state index >= 15 is 0 Å². The number of hydrogen-bond acceptors (Lipinski definition) is 2. The van der Waals surface area contributed by atoms with Gasteiger partial charge in [0.15, 0.2) is 5.96 Å². The minimum absolute atomic E-state index is 0. The Kier molecular flexibility index (Phi) is 11.9. The first-order valence-corrected chi connectivity index (χ1v) is 7.70. The lowest BCUT2D eigenvalue weighted by atomic mass is 10.2. The molecule has 8 heteroatoms. The summed E-state index contributed by atoms with van der Waals surface area (Å²) in [5, 5.41) is 9.73. The number of aliphatic imine (C=N–C) groups is 1. The van der Waals surface area contributed by atoms with Crippen LogP contribution in [0.15, 0.2) is 35.8 Å². The molecule has 0 aliphatic heterocycles. The van der Waals surface area contributed by atoms with E-state index < -0.39 is 0 Å². The molecule has 0 spiro atoms. The average molecular weight is 471 g/mol. The van der Waals surface area contributed by atoms with Crippen LogP contribution < -0.4 is 16.0 Å². The maximum Gasteiger partial charge on any atom is 0.251 e. The van der Waals surface area contributed by atoms with Crippen molar-refractivity contribution in [3.8, 4) is 0 Å². The van der Waals surface area contributed by atoms with E-state index in [1.807, 2.05) is 6.92 Å². The van der Waals surface area contributed by atoms with Crippen molar-refractivity contribution in [2.24, 2.45) is 4.99 Å². The Morgan fingerprint density at radius 1 is 1.26 bits per heavy atom. The predicted octanol–water partition coefficient (Wildman–Crippen LogP) is 3.08. The van der Waals surface area contributed by atoms with Crippen molar-refractivity contribution in [3.05, 3.63) is 46.5 Å². The third-order valence-electron chi connectivity index (χ3n) is 2.61. The maximum absolute atomic E-state index is 11.9. The van der Waals surface area contributed by atoms with Crippen LogP contribution in [0.1, 0.15) is 17.3 Å². The second-order valence-electron chi connectivity index (χ2n) is 4.32. The number of halogens is 3. The minimum atomic E-state index is -0.210. The van der Waals surface area contributed by atoms with Crippen molar-refractivity contribution >= 4 is 59.0 Å². The summed E-state index contributed by atoms with van der Waals surface area (Å²) in [6.45, 7) is 7.89. The maximum atomic E-state index is 11.9. The molecule has 128 valence electrons. The fourth-order valence-electron chi connectivity index (χ4n) is 1.59. The topological polar surface area (TPSA) is 65.5 Å². The standard InChI is InChI=1S/C15H20Cl2N4O.HI/c1-3-7-20-15(18-4-2)21-9-8-19-14(22)11-5-6-12(16)13(17)10-11;/h3,5-6,10H,1,4,7-9H2,2H3,(H,19,22)(H2,18,20,21);1H. The molecule has 0 aliphatic carbocycles. The van der Waals surface area contributed by atoms with E-state index in [9.17, 15) is 4.79 Å². The van der Waals surface area contributed by atoms with Gasteiger partial charge in [0, 0.05) is 25.2 Å². The molecule has 0 aliphatic rings. The van der Waals surface area contributed by atoms with Crippen molar-refractivity contribution in [1.29, 1.82) is 0 Å². The smallest absolute Gasteiger partial charge is 0.251 e. The number of nitrogens with one attached hydrogen (secondary N) is 3.